The zero-order valence-corrected chi connectivity index (χ0v) is 17.6. The van der Waals surface area contributed by atoms with Gasteiger partial charge in [0.2, 0.25) is 5.95 Å². The third kappa shape index (κ3) is 2.75. The van der Waals surface area contributed by atoms with Crippen LogP contribution in [0.5, 0.6) is 0 Å². The second-order valence-corrected chi connectivity index (χ2v) is 9.71. The van der Waals surface area contributed by atoms with Gasteiger partial charge in [0.15, 0.2) is 5.82 Å². The molecule has 1 amide bonds. The molecule has 1 spiro atoms. The monoisotopic (exact) mass is 398 g/mol. The summed E-state index contributed by atoms with van der Waals surface area (Å²) in [5.41, 5.74) is 0.0733. The molecule has 0 saturated heterocycles. The molecule has 2 aromatic heterocycles. The fourth-order valence-corrected chi connectivity index (χ4v) is 6.65. The molecular weight excluding hydrogens is 368 g/mol. The van der Waals surface area contributed by atoms with E-state index in [9.17, 15) is 4.79 Å². The number of anilines is 1. The molecule has 0 radical (unpaired) electrons. The summed E-state index contributed by atoms with van der Waals surface area (Å²) < 4.78 is 2.23. The number of amides is 1. The van der Waals surface area contributed by atoms with E-state index in [-0.39, 0.29) is 17.5 Å². The number of thiophene rings is 1. The number of nitrogens with zero attached hydrogens (tertiary/aromatic N) is 4. The van der Waals surface area contributed by atoms with Crippen molar-refractivity contribution in [2.24, 2.45) is 5.92 Å². The van der Waals surface area contributed by atoms with Gasteiger partial charge in [-0.25, -0.2) is 4.68 Å². The first-order valence-corrected chi connectivity index (χ1v) is 12.0. The molecule has 0 bridgehead atoms. The molecule has 2 saturated carbocycles. The van der Waals surface area contributed by atoms with Gasteiger partial charge in [-0.3, -0.25) is 9.69 Å². The molecule has 150 valence electrons. The van der Waals surface area contributed by atoms with Gasteiger partial charge in [-0.2, -0.15) is 10.1 Å². The van der Waals surface area contributed by atoms with Crippen molar-refractivity contribution in [3.8, 4) is 0 Å². The largest absolute Gasteiger partial charge is 0.273 e. The van der Waals surface area contributed by atoms with Crippen molar-refractivity contribution in [1.29, 1.82) is 0 Å². The van der Waals surface area contributed by atoms with E-state index in [1.54, 1.807) is 0 Å². The Labute approximate surface area is 171 Å². The van der Waals surface area contributed by atoms with Gasteiger partial charge in [0.1, 0.15) is 0 Å². The Morgan fingerprint density at radius 3 is 2.79 bits per heavy atom. The molecule has 2 unspecified atom stereocenters. The van der Waals surface area contributed by atoms with E-state index in [1.807, 2.05) is 22.4 Å². The van der Waals surface area contributed by atoms with Crippen LogP contribution in [0.15, 0.2) is 17.5 Å². The van der Waals surface area contributed by atoms with E-state index in [0.717, 1.165) is 35.9 Å². The first kappa shape index (κ1) is 18.3. The summed E-state index contributed by atoms with van der Waals surface area (Å²) in [6, 6.07) is 4.19. The number of aryl methyl sites for hydroxylation is 1. The first-order valence-electron chi connectivity index (χ1n) is 11.1. The highest BCUT2D eigenvalue weighted by Crippen LogP contribution is 2.53. The zero-order valence-electron chi connectivity index (χ0n) is 16.8. The van der Waals surface area contributed by atoms with E-state index in [4.69, 9.17) is 10.1 Å². The van der Waals surface area contributed by atoms with Crippen molar-refractivity contribution < 1.29 is 4.79 Å². The first-order chi connectivity index (χ1) is 13.7. The second-order valence-electron chi connectivity index (χ2n) is 8.76. The number of carbonyl (C=O) groups is 1. The molecule has 2 aromatic rings. The average molecular weight is 399 g/mol. The van der Waals surface area contributed by atoms with Crippen LogP contribution < -0.4 is 4.90 Å². The average Bonchev–Trinajstić information content (AvgIpc) is 3.40. The maximum Gasteiger partial charge on any atom is 0.270 e. The Hall–Kier alpha value is -1.69. The SMILES string of the molecule is CCCc1nc2n(n1)C1(CCCCC1)C1CCCCC1N2C(=O)c1cccs1. The van der Waals surface area contributed by atoms with Gasteiger partial charge in [-0.05, 0) is 43.6 Å². The van der Waals surface area contributed by atoms with Gasteiger partial charge in [0, 0.05) is 18.4 Å². The second kappa shape index (κ2) is 7.29. The number of carbonyl (C=O) groups excluding carboxylic acids is 1. The summed E-state index contributed by atoms with van der Waals surface area (Å²) in [7, 11) is 0. The van der Waals surface area contributed by atoms with E-state index in [1.165, 1.54) is 62.7 Å². The minimum Gasteiger partial charge on any atom is -0.273 e. The Bertz CT molecular complexity index is 837. The number of hydrogen-bond acceptors (Lipinski definition) is 4. The third-order valence-corrected chi connectivity index (χ3v) is 8.02. The van der Waals surface area contributed by atoms with Crippen molar-refractivity contribution in [2.75, 3.05) is 4.90 Å². The van der Waals surface area contributed by atoms with Crippen LogP contribution >= 0.6 is 11.3 Å². The summed E-state index contributed by atoms with van der Waals surface area (Å²) in [6.45, 7) is 2.17. The van der Waals surface area contributed by atoms with Crippen molar-refractivity contribution in [1.82, 2.24) is 14.8 Å². The fraction of sp³-hybridized carbons (Fsp3) is 0.682. The van der Waals surface area contributed by atoms with Crippen LogP contribution in [0.1, 0.15) is 86.6 Å². The quantitative estimate of drug-likeness (QED) is 0.716. The van der Waals surface area contributed by atoms with Crippen LogP contribution in [-0.4, -0.2) is 26.7 Å². The maximum atomic E-state index is 13.6. The predicted octanol–water partition coefficient (Wildman–Crippen LogP) is 5.17. The Morgan fingerprint density at radius 1 is 1.21 bits per heavy atom. The van der Waals surface area contributed by atoms with Crippen molar-refractivity contribution in [3.05, 3.63) is 28.2 Å². The molecule has 0 N–H and O–H groups in total. The lowest BCUT2D eigenvalue weighted by atomic mass is 9.64. The van der Waals surface area contributed by atoms with Gasteiger partial charge in [0.25, 0.3) is 5.91 Å². The molecule has 0 aromatic carbocycles. The number of hydrogen-bond donors (Lipinski definition) is 0. The topological polar surface area (TPSA) is 51.0 Å². The van der Waals surface area contributed by atoms with Gasteiger partial charge in [0.05, 0.1) is 10.4 Å². The molecule has 2 fully saturated rings. The highest BCUT2D eigenvalue weighted by Gasteiger charge is 2.55. The summed E-state index contributed by atoms with van der Waals surface area (Å²) in [6.07, 6.45) is 12.9. The van der Waals surface area contributed by atoms with E-state index < -0.39 is 0 Å². The minimum absolute atomic E-state index is 0.0733. The molecular formula is C22H30N4OS. The molecule has 6 heteroatoms. The molecule has 2 atom stereocenters. The van der Waals surface area contributed by atoms with Crippen LogP contribution in [0.25, 0.3) is 0 Å². The number of rotatable bonds is 3. The Balaban J connectivity index is 1.67. The highest BCUT2D eigenvalue weighted by molar-refractivity contribution is 7.12. The Morgan fingerprint density at radius 2 is 2.04 bits per heavy atom. The predicted molar refractivity (Wildman–Crippen MR) is 112 cm³/mol. The van der Waals surface area contributed by atoms with E-state index in [2.05, 4.69) is 11.6 Å². The standard InChI is InChI=1S/C22H30N4OS/c1-2-9-19-23-21-25(20(27)18-12-8-15-28-18)17-11-5-4-10-16(17)22(26(21)24-19)13-6-3-7-14-22/h8,12,15-17H,2-7,9-11,13-14H2,1H3. The van der Waals surface area contributed by atoms with Crippen molar-refractivity contribution in [3.63, 3.8) is 0 Å². The lowest BCUT2D eigenvalue weighted by Gasteiger charge is -2.55. The van der Waals surface area contributed by atoms with Crippen molar-refractivity contribution >= 4 is 23.2 Å². The van der Waals surface area contributed by atoms with E-state index >= 15 is 0 Å². The summed E-state index contributed by atoms with van der Waals surface area (Å²) in [5.74, 6) is 2.36. The van der Waals surface area contributed by atoms with Gasteiger partial charge in [-0.1, -0.05) is 45.1 Å². The van der Waals surface area contributed by atoms with Crippen LogP contribution in [0.2, 0.25) is 0 Å². The molecule has 5 rings (SSSR count). The smallest absolute Gasteiger partial charge is 0.270 e. The van der Waals surface area contributed by atoms with Crippen molar-refractivity contribution in [2.45, 2.75) is 89.1 Å². The normalized spacial score (nSPS) is 26.1. The molecule has 28 heavy (non-hydrogen) atoms. The molecule has 3 aliphatic rings. The fourth-order valence-electron chi connectivity index (χ4n) is 5.99. The Kier molecular flexibility index (Phi) is 4.77. The molecule has 5 nitrogen and oxygen atoms in total. The van der Waals surface area contributed by atoms with Crippen LogP contribution in [0.3, 0.4) is 0 Å². The number of aromatic nitrogens is 3. The molecule has 3 heterocycles. The lowest BCUT2D eigenvalue weighted by molar-refractivity contribution is 0.0311. The maximum absolute atomic E-state index is 13.6. The zero-order chi connectivity index (χ0) is 19.1. The third-order valence-electron chi connectivity index (χ3n) is 7.17. The summed E-state index contributed by atoms with van der Waals surface area (Å²) in [4.78, 5) is 21.4. The van der Waals surface area contributed by atoms with E-state index in [0.29, 0.717) is 5.92 Å². The van der Waals surface area contributed by atoms with Crippen LogP contribution in [-0.2, 0) is 12.0 Å². The van der Waals surface area contributed by atoms with Crippen LogP contribution in [0.4, 0.5) is 5.95 Å². The van der Waals surface area contributed by atoms with Gasteiger partial charge >= 0.3 is 0 Å². The number of fused-ring (bicyclic) bond motifs is 4. The van der Waals surface area contributed by atoms with Gasteiger partial charge < -0.3 is 0 Å². The summed E-state index contributed by atoms with van der Waals surface area (Å²) >= 11 is 1.53. The van der Waals surface area contributed by atoms with Crippen LogP contribution in [0, 0.1) is 5.92 Å². The van der Waals surface area contributed by atoms with Gasteiger partial charge in [-0.15, -0.1) is 11.3 Å². The lowest BCUT2D eigenvalue weighted by Crippen LogP contribution is -2.61. The highest BCUT2D eigenvalue weighted by atomic mass is 32.1. The molecule has 1 aliphatic heterocycles. The minimum atomic E-state index is 0.0733. The summed E-state index contributed by atoms with van der Waals surface area (Å²) in [5, 5.41) is 7.03. The molecule has 2 aliphatic carbocycles.